The smallest absolute Gasteiger partial charge is 0.346 e. The first kappa shape index (κ1) is 33.0. The first-order valence-corrected chi connectivity index (χ1v) is 19.0. The molecule has 3 heterocycles. The Kier molecular flexibility index (Phi) is 10.8. The summed E-state index contributed by atoms with van der Waals surface area (Å²) in [5, 5.41) is 20.5. The van der Waals surface area contributed by atoms with Gasteiger partial charge in [-0.2, -0.15) is 5.26 Å². The van der Waals surface area contributed by atoms with E-state index in [1.165, 1.54) is 92.1 Å². The number of hydrogen-bond acceptors (Lipinski definition) is 4. The number of hydrogen-bond donors (Lipinski definition) is 1. The number of benzene rings is 2. The Hall–Kier alpha value is -3.92. The van der Waals surface area contributed by atoms with Gasteiger partial charge in [-0.3, -0.25) is 0 Å². The summed E-state index contributed by atoms with van der Waals surface area (Å²) in [5.74, 6) is -1.17. The molecule has 0 aliphatic heterocycles. The molecule has 242 valence electrons. The van der Waals surface area contributed by atoms with E-state index in [9.17, 15) is 15.2 Å². The molecule has 2 aromatic carbocycles. The van der Waals surface area contributed by atoms with Crippen molar-refractivity contribution in [2.45, 2.75) is 97.3 Å². The first-order valence-electron chi connectivity index (χ1n) is 17.3. The summed E-state index contributed by atoms with van der Waals surface area (Å²) in [4.78, 5) is 16.4. The number of aryl methyl sites for hydroxylation is 3. The minimum atomic E-state index is -1.17. The molecule has 6 rings (SSSR count). The molecule has 3 aromatic heterocycles. The second-order valence-electron chi connectivity index (χ2n) is 12.7. The molecule has 0 bridgehead atoms. The van der Waals surface area contributed by atoms with E-state index in [-0.39, 0.29) is 5.57 Å². The van der Waals surface area contributed by atoms with Crippen LogP contribution in [0.3, 0.4) is 0 Å². The van der Waals surface area contributed by atoms with E-state index in [2.05, 4.69) is 79.1 Å². The number of nitriles is 1. The van der Waals surface area contributed by atoms with Gasteiger partial charge in [0.15, 0.2) is 0 Å². The number of aromatic nitrogens is 1. The number of unbranched alkanes of at least 4 members (excludes halogenated alkanes) is 6. The highest BCUT2D eigenvalue weighted by Crippen LogP contribution is 2.45. The van der Waals surface area contributed by atoms with Gasteiger partial charge >= 0.3 is 5.97 Å². The average molecular weight is 661 g/mol. The van der Waals surface area contributed by atoms with Crippen LogP contribution >= 0.6 is 22.7 Å². The molecule has 4 nitrogen and oxygen atoms in total. The highest BCUT2D eigenvalue weighted by atomic mass is 32.1. The number of carboxylic acid groups (broad SMARTS) is 1. The molecule has 1 N–H and O–H groups in total. The van der Waals surface area contributed by atoms with Crippen molar-refractivity contribution in [1.82, 2.24) is 4.57 Å². The molecule has 0 radical (unpaired) electrons. The topological polar surface area (TPSA) is 66.0 Å². The summed E-state index contributed by atoms with van der Waals surface area (Å²) in [6.07, 6.45) is 16.4. The maximum absolute atomic E-state index is 11.8. The van der Waals surface area contributed by atoms with Crippen molar-refractivity contribution >= 4 is 45.6 Å². The van der Waals surface area contributed by atoms with Crippen molar-refractivity contribution < 1.29 is 9.90 Å². The van der Waals surface area contributed by atoms with Crippen LogP contribution < -0.4 is 0 Å². The summed E-state index contributed by atoms with van der Waals surface area (Å²) in [6, 6.07) is 24.4. The van der Waals surface area contributed by atoms with Crippen molar-refractivity contribution in [3.63, 3.8) is 0 Å². The number of nitrogens with zero attached hydrogens (tertiary/aromatic N) is 2. The van der Waals surface area contributed by atoms with Crippen LogP contribution in [-0.4, -0.2) is 15.6 Å². The lowest BCUT2D eigenvalue weighted by Gasteiger charge is -2.09. The predicted molar refractivity (Wildman–Crippen MR) is 199 cm³/mol. The van der Waals surface area contributed by atoms with Gasteiger partial charge in [0.25, 0.3) is 0 Å². The van der Waals surface area contributed by atoms with Crippen molar-refractivity contribution in [3.8, 4) is 32.0 Å². The van der Waals surface area contributed by atoms with Gasteiger partial charge in [0.2, 0.25) is 0 Å². The lowest BCUT2D eigenvalue weighted by Crippen LogP contribution is -1.98. The fourth-order valence-electron chi connectivity index (χ4n) is 7.00. The lowest BCUT2D eigenvalue weighted by molar-refractivity contribution is -0.132. The molecular weight excluding hydrogens is 617 g/mol. The summed E-state index contributed by atoms with van der Waals surface area (Å²) in [5.41, 5.74) is 9.06. The number of rotatable bonds is 15. The zero-order chi connectivity index (χ0) is 32.8. The monoisotopic (exact) mass is 660 g/mol. The molecule has 0 atom stereocenters. The lowest BCUT2D eigenvalue weighted by atomic mass is 10.0. The zero-order valence-corrected chi connectivity index (χ0v) is 29.2. The third kappa shape index (κ3) is 7.17. The molecule has 6 heteroatoms. The average Bonchev–Trinajstić information content (AvgIpc) is 3.87. The Morgan fingerprint density at radius 2 is 1.60 bits per heavy atom. The number of carboxylic acids is 1. The Bertz CT molecular complexity index is 1930. The van der Waals surface area contributed by atoms with Crippen molar-refractivity contribution in [2.75, 3.05) is 0 Å². The van der Waals surface area contributed by atoms with Crippen LogP contribution in [0, 0.1) is 11.3 Å². The fourth-order valence-corrected chi connectivity index (χ4v) is 9.50. The maximum Gasteiger partial charge on any atom is 0.346 e. The number of fused-ring (bicyclic) bond motifs is 3. The van der Waals surface area contributed by atoms with Gasteiger partial charge in [-0.15, -0.1) is 22.7 Å². The maximum atomic E-state index is 11.8. The van der Waals surface area contributed by atoms with Crippen LogP contribution in [0.5, 0.6) is 0 Å². The number of aliphatic carboxylic acids is 1. The Balaban J connectivity index is 1.42. The molecule has 0 saturated heterocycles. The van der Waals surface area contributed by atoms with E-state index in [4.69, 9.17) is 0 Å². The Labute approximate surface area is 287 Å². The molecule has 0 unspecified atom stereocenters. The van der Waals surface area contributed by atoms with E-state index < -0.39 is 5.97 Å². The van der Waals surface area contributed by atoms with Gasteiger partial charge in [-0.1, -0.05) is 76.6 Å². The van der Waals surface area contributed by atoms with Gasteiger partial charge in [-0.05, 0) is 110 Å². The first-order chi connectivity index (χ1) is 23.0. The Morgan fingerprint density at radius 3 is 2.30 bits per heavy atom. The third-order valence-corrected chi connectivity index (χ3v) is 12.0. The quantitative estimate of drug-likeness (QED) is 0.0690. The fraction of sp³-hybridized carbons (Fsp3) is 0.366. The largest absolute Gasteiger partial charge is 0.477 e. The molecule has 47 heavy (non-hydrogen) atoms. The van der Waals surface area contributed by atoms with Gasteiger partial charge in [0.1, 0.15) is 11.6 Å². The van der Waals surface area contributed by atoms with Crippen LogP contribution in [0.25, 0.3) is 42.9 Å². The van der Waals surface area contributed by atoms with Gasteiger partial charge in [0, 0.05) is 36.3 Å². The van der Waals surface area contributed by atoms with Crippen LogP contribution in [0.2, 0.25) is 0 Å². The van der Waals surface area contributed by atoms with E-state index in [1.54, 1.807) is 17.4 Å². The number of carbonyl (C=O) groups is 1. The van der Waals surface area contributed by atoms with Crippen molar-refractivity contribution in [2.24, 2.45) is 0 Å². The molecule has 0 amide bonds. The SMILES string of the molecule is CCCCCCc1cc(-c2sc(-c3ccc4c(c3)c3c(n4-c4ccccc4)CCC3)cc2CCCCCC)sc1/C=C(\C#N)C(=O)O. The summed E-state index contributed by atoms with van der Waals surface area (Å²) in [6.45, 7) is 4.46. The van der Waals surface area contributed by atoms with E-state index in [1.807, 2.05) is 17.4 Å². The zero-order valence-electron chi connectivity index (χ0n) is 27.6. The van der Waals surface area contributed by atoms with Crippen LogP contribution in [0.15, 0.2) is 66.2 Å². The van der Waals surface area contributed by atoms with Gasteiger partial charge in [-0.25, -0.2) is 4.79 Å². The van der Waals surface area contributed by atoms with Crippen molar-refractivity contribution in [1.29, 1.82) is 5.26 Å². The molecule has 0 spiro atoms. The second kappa shape index (κ2) is 15.3. The minimum Gasteiger partial charge on any atom is -0.477 e. The molecular formula is C41H44N2O2S2. The second-order valence-corrected chi connectivity index (χ2v) is 14.9. The van der Waals surface area contributed by atoms with E-state index >= 15 is 0 Å². The van der Waals surface area contributed by atoms with Gasteiger partial charge in [0.05, 0.1) is 5.52 Å². The van der Waals surface area contributed by atoms with E-state index in [0.717, 1.165) is 55.4 Å². The van der Waals surface area contributed by atoms with Crippen LogP contribution in [0.4, 0.5) is 0 Å². The number of thiophene rings is 2. The van der Waals surface area contributed by atoms with Crippen molar-refractivity contribution in [3.05, 3.63) is 93.5 Å². The minimum absolute atomic E-state index is 0.205. The summed E-state index contributed by atoms with van der Waals surface area (Å²) >= 11 is 3.50. The summed E-state index contributed by atoms with van der Waals surface area (Å²) < 4.78 is 2.47. The Morgan fingerprint density at radius 1 is 0.872 bits per heavy atom. The highest BCUT2D eigenvalue weighted by molar-refractivity contribution is 7.24. The number of para-hydroxylation sites is 1. The molecule has 1 aliphatic rings. The predicted octanol–water partition coefficient (Wildman–Crippen LogP) is 11.8. The molecule has 5 aromatic rings. The molecule has 1 aliphatic carbocycles. The van der Waals surface area contributed by atoms with Crippen LogP contribution in [-0.2, 0) is 30.5 Å². The third-order valence-electron chi connectivity index (χ3n) is 9.42. The molecule has 0 saturated carbocycles. The normalized spacial score (nSPS) is 12.9. The van der Waals surface area contributed by atoms with Crippen LogP contribution in [0.1, 0.15) is 98.9 Å². The molecule has 0 fully saturated rings. The van der Waals surface area contributed by atoms with E-state index in [0.29, 0.717) is 0 Å². The summed E-state index contributed by atoms with van der Waals surface area (Å²) in [7, 11) is 0. The standard InChI is InChI=1S/C41H44N2O2S2/c1-3-5-7-10-15-28-24-39(46-37(28)26-31(27-42)41(44)45)40-30(16-11-8-6-4-2)25-38(47-40)29-21-22-36-34(23-29)33-19-14-20-35(33)43(36)32-17-12-9-13-18-32/h9,12-13,17-18,21-26H,3-8,10-11,14-16,19-20H2,1-2H3,(H,44,45)/b31-26+. The van der Waals surface area contributed by atoms with Gasteiger partial charge < -0.3 is 9.67 Å². The highest BCUT2D eigenvalue weighted by Gasteiger charge is 2.24.